The van der Waals surface area contributed by atoms with E-state index in [9.17, 15) is 10.1 Å². The average Bonchev–Trinajstić information content (AvgIpc) is 2.32. The summed E-state index contributed by atoms with van der Waals surface area (Å²) in [5, 5.41) is 14.1. The van der Waals surface area contributed by atoms with E-state index in [1.807, 2.05) is 6.07 Å². The number of rotatable bonds is 3. The second-order valence-corrected chi connectivity index (χ2v) is 4.82. The van der Waals surface area contributed by atoms with Gasteiger partial charge in [0.25, 0.3) is 5.69 Å². The number of hydrogen-bond acceptors (Lipinski definition) is 3. The van der Waals surface area contributed by atoms with Crippen LogP contribution in [0.5, 0.6) is 0 Å². The molecule has 17 heavy (non-hydrogen) atoms. The predicted molar refractivity (Wildman–Crippen MR) is 68.1 cm³/mol. The summed E-state index contributed by atoms with van der Waals surface area (Å²) in [6.45, 7) is 2.24. The van der Waals surface area contributed by atoms with Gasteiger partial charge in [0.1, 0.15) is 0 Å². The van der Waals surface area contributed by atoms with E-state index in [2.05, 4.69) is 12.2 Å². The minimum absolute atomic E-state index is 0.151. The molecule has 4 heteroatoms. The third-order valence-corrected chi connectivity index (χ3v) is 3.52. The van der Waals surface area contributed by atoms with E-state index in [4.69, 9.17) is 0 Å². The van der Waals surface area contributed by atoms with Gasteiger partial charge in [-0.2, -0.15) is 0 Å². The van der Waals surface area contributed by atoms with Gasteiger partial charge in [-0.25, -0.2) is 0 Å². The average molecular weight is 234 g/mol. The Balaban J connectivity index is 2.07. The Kier molecular flexibility index (Phi) is 3.61. The number of non-ortho nitro benzene ring substituents is 1. The van der Waals surface area contributed by atoms with E-state index in [1.54, 1.807) is 12.1 Å². The second-order valence-electron chi connectivity index (χ2n) is 4.82. The monoisotopic (exact) mass is 234 g/mol. The summed E-state index contributed by atoms with van der Waals surface area (Å²) in [7, 11) is 0. The Hall–Kier alpha value is -1.58. The molecule has 0 radical (unpaired) electrons. The molecule has 4 nitrogen and oxygen atoms in total. The van der Waals surface area contributed by atoms with Crippen LogP contribution in [0.2, 0.25) is 0 Å². The van der Waals surface area contributed by atoms with E-state index in [1.165, 1.54) is 25.3 Å². The molecule has 1 saturated carbocycles. The fourth-order valence-corrected chi connectivity index (χ4v) is 2.45. The van der Waals surface area contributed by atoms with Crippen LogP contribution in [0, 0.1) is 16.0 Å². The lowest BCUT2D eigenvalue weighted by molar-refractivity contribution is -0.384. The molecule has 1 aliphatic carbocycles. The molecule has 0 amide bonds. The zero-order valence-corrected chi connectivity index (χ0v) is 10.1. The molecule has 0 bridgehead atoms. The highest BCUT2D eigenvalue weighted by Gasteiger charge is 2.21. The molecule has 0 heterocycles. The Morgan fingerprint density at radius 2 is 2.12 bits per heavy atom. The fourth-order valence-electron chi connectivity index (χ4n) is 2.45. The van der Waals surface area contributed by atoms with Gasteiger partial charge in [0.05, 0.1) is 4.92 Å². The summed E-state index contributed by atoms with van der Waals surface area (Å²) in [6, 6.07) is 7.21. The van der Waals surface area contributed by atoms with Gasteiger partial charge in [0.15, 0.2) is 0 Å². The van der Waals surface area contributed by atoms with Crippen molar-refractivity contribution in [3.05, 3.63) is 34.4 Å². The Morgan fingerprint density at radius 1 is 1.35 bits per heavy atom. The third kappa shape index (κ3) is 2.96. The van der Waals surface area contributed by atoms with Crippen LogP contribution in [0.3, 0.4) is 0 Å². The van der Waals surface area contributed by atoms with Crippen molar-refractivity contribution in [3.63, 3.8) is 0 Å². The van der Waals surface area contributed by atoms with Gasteiger partial charge >= 0.3 is 0 Å². The third-order valence-electron chi connectivity index (χ3n) is 3.52. The molecule has 1 aromatic rings. The highest BCUT2D eigenvalue weighted by Crippen LogP contribution is 2.27. The maximum absolute atomic E-state index is 10.7. The van der Waals surface area contributed by atoms with E-state index < -0.39 is 0 Å². The van der Waals surface area contributed by atoms with Crippen molar-refractivity contribution in [2.45, 2.75) is 38.6 Å². The number of anilines is 1. The Morgan fingerprint density at radius 3 is 2.82 bits per heavy atom. The van der Waals surface area contributed by atoms with Crippen molar-refractivity contribution >= 4 is 11.4 Å². The number of nitrogens with zero attached hydrogens (tertiary/aromatic N) is 1. The number of nitro groups is 1. The highest BCUT2D eigenvalue weighted by atomic mass is 16.6. The van der Waals surface area contributed by atoms with Crippen LogP contribution in [0.15, 0.2) is 24.3 Å². The topological polar surface area (TPSA) is 55.2 Å². The first-order chi connectivity index (χ1) is 8.16. The summed E-state index contributed by atoms with van der Waals surface area (Å²) >= 11 is 0. The maximum atomic E-state index is 10.7. The Bertz CT molecular complexity index is 406. The van der Waals surface area contributed by atoms with Crippen molar-refractivity contribution in [3.8, 4) is 0 Å². The molecule has 1 N–H and O–H groups in total. The van der Waals surface area contributed by atoms with Gasteiger partial charge in [-0.05, 0) is 24.8 Å². The normalized spacial score (nSPS) is 24.3. The Labute approximate surface area is 101 Å². The molecule has 0 aliphatic heterocycles. The lowest BCUT2D eigenvalue weighted by Gasteiger charge is -2.30. The molecule has 0 aromatic heterocycles. The van der Waals surface area contributed by atoms with Crippen LogP contribution >= 0.6 is 0 Å². The van der Waals surface area contributed by atoms with Gasteiger partial charge < -0.3 is 5.32 Å². The van der Waals surface area contributed by atoms with E-state index >= 15 is 0 Å². The largest absolute Gasteiger partial charge is 0.382 e. The van der Waals surface area contributed by atoms with Gasteiger partial charge in [-0.15, -0.1) is 0 Å². The first-order valence-corrected chi connectivity index (χ1v) is 6.18. The van der Waals surface area contributed by atoms with E-state index in [-0.39, 0.29) is 10.6 Å². The molecule has 92 valence electrons. The zero-order valence-electron chi connectivity index (χ0n) is 10.1. The van der Waals surface area contributed by atoms with Gasteiger partial charge in [0.2, 0.25) is 0 Å². The molecule has 2 unspecified atom stereocenters. The van der Waals surface area contributed by atoms with Crippen molar-refractivity contribution in [1.29, 1.82) is 0 Å². The molecular weight excluding hydrogens is 216 g/mol. The molecule has 0 saturated heterocycles. The van der Waals surface area contributed by atoms with Crippen molar-refractivity contribution < 1.29 is 4.92 Å². The minimum atomic E-state index is -0.352. The van der Waals surface area contributed by atoms with Gasteiger partial charge in [-0.3, -0.25) is 10.1 Å². The maximum Gasteiger partial charge on any atom is 0.271 e. The van der Waals surface area contributed by atoms with Gasteiger partial charge in [0, 0.05) is 23.9 Å². The number of benzene rings is 1. The van der Waals surface area contributed by atoms with Crippen LogP contribution in [-0.2, 0) is 0 Å². The number of nitrogens with one attached hydrogen (secondary N) is 1. The summed E-state index contributed by atoms with van der Waals surface area (Å²) in [5.41, 5.74) is 1.01. The predicted octanol–water partition coefficient (Wildman–Crippen LogP) is 3.59. The quantitative estimate of drug-likeness (QED) is 0.642. The number of nitro benzene ring substituents is 1. The fraction of sp³-hybridized carbons (Fsp3) is 0.538. The van der Waals surface area contributed by atoms with Crippen LogP contribution in [0.25, 0.3) is 0 Å². The highest BCUT2D eigenvalue weighted by molar-refractivity contribution is 5.51. The van der Waals surface area contributed by atoms with Crippen molar-refractivity contribution in [1.82, 2.24) is 0 Å². The van der Waals surface area contributed by atoms with Crippen LogP contribution in [0.1, 0.15) is 32.6 Å². The zero-order chi connectivity index (χ0) is 12.3. The first-order valence-electron chi connectivity index (χ1n) is 6.18. The smallest absolute Gasteiger partial charge is 0.271 e. The summed E-state index contributed by atoms with van der Waals surface area (Å²) in [5.74, 6) is 0.642. The molecule has 1 fully saturated rings. The summed E-state index contributed by atoms with van der Waals surface area (Å²) < 4.78 is 0. The van der Waals surface area contributed by atoms with E-state index in [0.717, 1.165) is 12.1 Å². The lowest BCUT2D eigenvalue weighted by Crippen LogP contribution is -2.30. The summed E-state index contributed by atoms with van der Waals surface area (Å²) in [4.78, 5) is 10.3. The SMILES string of the molecule is CC1CCCCC1Nc1cccc([N+](=O)[O-])c1. The van der Waals surface area contributed by atoms with Crippen molar-refractivity contribution in [2.24, 2.45) is 5.92 Å². The van der Waals surface area contributed by atoms with E-state index in [0.29, 0.717) is 12.0 Å². The van der Waals surface area contributed by atoms with Gasteiger partial charge in [-0.1, -0.05) is 25.8 Å². The van der Waals surface area contributed by atoms with Crippen LogP contribution in [0.4, 0.5) is 11.4 Å². The number of hydrogen-bond donors (Lipinski definition) is 1. The second kappa shape index (κ2) is 5.17. The molecule has 2 atom stereocenters. The van der Waals surface area contributed by atoms with Crippen molar-refractivity contribution in [2.75, 3.05) is 5.32 Å². The van der Waals surface area contributed by atoms with Crippen LogP contribution < -0.4 is 5.32 Å². The molecule has 1 aliphatic rings. The van der Waals surface area contributed by atoms with Crippen LogP contribution in [-0.4, -0.2) is 11.0 Å². The minimum Gasteiger partial charge on any atom is -0.382 e. The summed E-state index contributed by atoms with van der Waals surface area (Å²) in [6.07, 6.45) is 4.95. The standard InChI is InChI=1S/C13H18N2O2/c1-10-5-2-3-8-13(10)14-11-6-4-7-12(9-11)15(16)17/h4,6-7,9-10,13-14H,2-3,5,8H2,1H3. The molecule has 2 rings (SSSR count). The molecule has 1 aromatic carbocycles. The molecule has 0 spiro atoms. The lowest BCUT2D eigenvalue weighted by atomic mass is 9.86. The molecular formula is C13H18N2O2. The first kappa shape index (κ1) is 11.9.